The Labute approximate surface area is 127 Å². The Bertz CT molecular complexity index is 636. The molecule has 0 saturated heterocycles. The molecule has 0 radical (unpaired) electrons. The SMILES string of the molecule is CCOc1ccccc1-c1[nH]c(=O)sc1CN(C)CCO. The van der Waals surface area contributed by atoms with Crippen LogP contribution in [0, 0.1) is 0 Å². The van der Waals surface area contributed by atoms with E-state index in [1.807, 2.05) is 43.1 Å². The summed E-state index contributed by atoms with van der Waals surface area (Å²) in [6.07, 6.45) is 0. The smallest absolute Gasteiger partial charge is 0.305 e. The quantitative estimate of drug-likeness (QED) is 0.820. The van der Waals surface area contributed by atoms with Gasteiger partial charge < -0.3 is 14.8 Å². The predicted molar refractivity (Wildman–Crippen MR) is 85.0 cm³/mol. The van der Waals surface area contributed by atoms with E-state index in [0.29, 0.717) is 19.7 Å². The first-order valence-electron chi connectivity index (χ1n) is 6.89. The number of ether oxygens (including phenoxy) is 1. The van der Waals surface area contributed by atoms with Gasteiger partial charge in [0.15, 0.2) is 0 Å². The molecule has 0 atom stereocenters. The summed E-state index contributed by atoms with van der Waals surface area (Å²) in [5, 5.41) is 8.99. The number of hydrogen-bond donors (Lipinski definition) is 2. The van der Waals surface area contributed by atoms with E-state index >= 15 is 0 Å². The molecule has 2 rings (SSSR count). The summed E-state index contributed by atoms with van der Waals surface area (Å²) in [5.74, 6) is 0.764. The number of para-hydroxylation sites is 1. The minimum Gasteiger partial charge on any atom is -0.493 e. The van der Waals surface area contributed by atoms with Crippen LogP contribution in [0.2, 0.25) is 0 Å². The first-order chi connectivity index (χ1) is 10.2. The Morgan fingerprint density at radius 2 is 2.14 bits per heavy atom. The average Bonchev–Trinajstić information content (AvgIpc) is 2.80. The van der Waals surface area contributed by atoms with E-state index in [1.54, 1.807) is 0 Å². The summed E-state index contributed by atoms with van der Waals surface area (Å²) in [6.45, 7) is 3.79. The van der Waals surface area contributed by atoms with Gasteiger partial charge in [0.2, 0.25) is 0 Å². The van der Waals surface area contributed by atoms with Gasteiger partial charge >= 0.3 is 4.87 Å². The monoisotopic (exact) mass is 308 g/mol. The van der Waals surface area contributed by atoms with Gasteiger partial charge in [0.05, 0.1) is 18.9 Å². The number of aliphatic hydroxyl groups excluding tert-OH is 1. The Morgan fingerprint density at radius 1 is 1.38 bits per heavy atom. The van der Waals surface area contributed by atoms with Crippen molar-refractivity contribution in [3.63, 3.8) is 0 Å². The third-order valence-electron chi connectivity index (χ3n) is 3.07. The average molecular weight is 308 g/mol. The molecule has 6 heteroatoms. The van der Waals surface area contributed by atoms with Crippen LogP contribution in [0.4, 0.5) is 0 Å². The van der Waals surface area contributed by atoms with E-state index in [0.717, 1.165) is 21.9 Å². The van der Waals surface area contributed by atoms with Crippen LogP contribution in [-0.2, 0) is 6.54 Å². The molecule has 1 aromatic carbocycles. The van der Waals surface area contributed by atoms with Gasteiger partial charge in [-0.25, -0.2) is 0 Å². The molecule has 0 aliphatic rings. The van der Waals surface area contributed by atoms with Gasteiger partial charge in [0.1, 0.15) is 5.75 Å². The largest absolute Gasteiger partial charge is 0.493 e. The lowest BCUT2D eigenvalue weighted by Gasteiger charge is -2.15. The molecule has 0 spiro atoms. The number of aromatic nitrogens is 1. The van der Waals surface area contributed by atoms with E-state index < -0.39 is 0 Å². The second-order valence-electron chi connectivity index (χ2n) is 4.70. The molecule has 1 aromatic heterocycles. The fraction of sp³-hybridized carbons (Fsp3) is 0.400. The Hall–Kier alpha value is -1.63. The Balaban J connectivity index is 2.38. The normalized spacial score (nSPS) is 11.0. The zero-order chi connectivity index (χ0) is 15.2. The summed E-state index contributed by atoms with van der Waals surface area (Å²) < 4.78 is 5.64. The van der Waals surface area contributed by atoms with Gasteiger partial charge in [-0.1, -0.05) is 23.5 Å². The summed E-state index contributed by atoms with van der Waals surface area (Å²) in [6, 6.07) is 7.68. The third-order valence-corrected chi connectivity index (χ3v) is 3.94. The predicted octanol–water partition coefficient (Wildman–Crippen LogP) is 1.93. The molecule has 0 saturated carbocycles. The number of aliphatic hydroxyl groups is 1. The minimum atomic E-state index is -0.0799. The van der Waals surface area contributed by atoms with E-state index in [1.165, 1.54) is 11.3 Å². The molecule has 0 amide bonds. The molecule has 5 nitrogen and oxygen atoms in total. The topological polar surface area (TPSA) is 65.6 Å². The molecule has 0 bridgehead atoms. The summed E-state index contributed by atoms with van der Waals surface area (Å²) in [7, 11) is 1.92. The van der Waals surface area contributed by atoms with Crippen molar-refractivity contribution in [2.24, 2.45) is 0 Å². The lowest BCUT2D eigenvalue weighted by Crippen LogP contribution is -2.21. The van der Waals surface area contributed by atoms with Crippen LogP contribution in [0.5, 0.6) is 5.75 Å². The highest BCUT2D eigenvalue weighted by Gasteiger charge is 2.15. The standard InChI is InChI=1S/C15H20N2O3S/c1-3-20-12-7-5-4-6-11(12)14-13(21-15(19)16-14)10-17(2)8-9-18/h4-7,18H,3,8-10H2,1-2H3,(H,16,19). The molecule has 0 aliphatic heterocycles. The Kier molecular flexibility index (Phi) is 5.55. The number of nitrogens with zero attached hydrogens (tertiary/aromatic N) is 1. The molecule has 1 heterocycles. The van der Waals surface area contributed by atoms with Gasteiger partial charge in [0, 0.05) is 23.5 Å². The maximum atomic E-state index is 11.7. The molecule has 21 heavy (non-hydrogen) atoms. The van der Waals surface area contributed by atoms with Gasteiger partial charge in [0.25, 0.3) is 0 Å². The summed E-state index contributed by atoms with van der Waals surface area (Å²) in [4.78, 5) is 17.5. The zero-order valence-electron chi connectivity index (χ0n) is 12.3. The highest BCUT2D eigenvalue weighted by Crippen LogP contribution is 2.32. The first-order valence-corrected chi connectivity index (χ1v) is 7.71. The van der Waals surface area contributed by atoms with Crippen molar-refractivity contribution in [3.05, 3.63) is 38.8 Å². The second-order valence-corrected chi connectivity index (χ2v) is 5.77. The van der Waals surface area contributed by atoms with Crippen molar-refractivity contribution in [3.8, 4) is 17.0 Å². The van der Waals surface area contributed by atoms with E-state index in [-0.39, 0.29) is 11.5 Å². The van der Waals surface area contributed by atoms with E-state index in [2.05, 4.69) is 4.98 Å². The molecule has 2 aromatic rings. The number of rotatable bonds is 7. The van der Waals surface area contributed by atoms with Crippen LogP contribution in [0.1, 0.15) is 11.8 Å². The molecule has 0 aliphatic carbocycles. The molecule has 114 valence electrons. The van der Waals surface area contributed by atoms with Crippen LogP contribution < -0.4 is 9.61 Å². The Morgan fingerprint density at radius 3 is 2.86 bits per heavy atom. The highest BCUT2D eigenvalue weighted by molar-refractivity contribution is 7.09. The van der Waals surface area contributed by atoms with Crippen molar-refractivity contribution in [2.45, 2.75) is 13.5 Å². The molecular formula is C15H20N2O3S. The number of hydrogen-bond acceptors (Lipinski definition) is 5. The summed E-state index contributed by atoms with van der Waals surface area (Å²) >= 11 is 1.20. The van der Waals surface area contributed by atoms with Crippen LogP contribution >= 0.6 is 11.3 Å². The lowest BCUT2D eigenvalue weighted by molar-refractivity contribution is 0.218. The van der Waals surface area contributed by atoms with Gasteiger partial charge in [-0.05, 0) is 26.1 Å². The van der Waals surface area contributed by atoms with Gasteiger partial charge in [-0.2, -0.15) is 0 Å². The highest BCUT2D eigenvalue weighted by atomic mass is 32.1. The third kappa shape index (κ3) is 3.93. The molecular weight excluding hydrogens is 288 g/mol. The maximum Gasteiger partial charge on any atom is 0.305 e. The lowest BCUT2D eigenvalue weighted by atomic mass is 10.1. The number of aromatic amines is 1. The fourth-order valence-electron chi connectivity index (χ4n) is 2.14. The zero-order valence-corrected chi connectivity index (χ0v) is 13.1. The van der Waals surface area contributed by atoms with Gasteiger partial charge in [-0.3, -0.25) is 9.69 Å². The van der Waals surface area contributed by atoms with Gasteiger partial charge in [-0.15, -0.1) is 0 Å². The first kappa shape index (κ1) is 15.8. The van der Waals surface area contributed by atoms with E-state index in [4.69, 9.17) is 9.84 Å². The summed E-state index contributed by atoms with van der Waals surface area (Å²) in [5.41, 5.74) is 1.70. The van der Waals surface area contributed by atoms with Crippen LogP contribution in [0.25, 0.3) is 11.3 Å². The molecule has 0 unspecified atom stereocenters. The van der Waals surface area contributed by atoms with Crippen LogP contribution in [-0.4, -0.2) is 41.8 Å². The second kappa shape index (κ2) is 7.40. The molecule has 2 N–H and O–H groups in total. The van der Waals surface area contributed by atoms with E-state index in [9.17, 15) is 4.79 Å². The number of likely N-dealkylation sites (N-methyl/N-ethyl adjacent to an activating group) is 1. The van der Waals surface area contributed by atoms with Crippen molar-refractivity contribution < 1.29 is 9.84 Å². The van der Waals surface area contributed by atoms with Crippen molar-refractivity contribution >= 4 is 11.3 Å². The number of benzene rings is 1. The van der Waals surface area contributed by atoms with Crippen molar-refractivity contribution in [1.29, 1.82) is 0 Å². The maximum absolute atomic E-state index is 11.7. The fourth-order valence-corrected chi connectivity index (χ4v) is 3.06. The number of nitrogens with one attached hydrogen (secondary N) is 1. The van der Waals surface area contributed by atoms with Crippen molar-refractivity contribution in [2.75, 3.05) is 26.8 Å². The van der Waals surface area contributed by atoms with Crippen LogP contribution in [0.15, 0.2) is 29.1 Å². The minimum absolute atomic E-state index is 0.0799. The number of H-pyrrole nitrogens is 1. The van der Waals surface area contributed by atoms with Crippen molar-refractivity contribution in [1.82, 2.24) is 9.88 Å². The molecule has 0 fully saturated rings. The number of thiazole rings is 1. The van der Waals surface area contributed by atoms with Crippen LogP contribution in [0.3, 0.4) is 0 Å².